The normalized spacial score (nSPS) is 18.5. The number of benzene rings is 2. The van der Waals surface area contributed by atoms with E-state index in [-0.39, 0.29) is 10.9 Å². The number of sulfonamides is 1. The van der Waals surface area contributed by atoms with Crippen molar-refractivity contribution < 1.29 is 13.2 Å². The van der Waals surface area contributed by atoms with Gasteiger partial charge in [-0.05, 0) is 45.0 Å². The molecule has 0 amide bonds. The molecular formula is C22H25N3O3S. The molecule has 1 aromatic heterocycles. The average Bonchev–Trinajstić information content (AvgIpc) is 2.94. The van der Waals surface area contributed by atoms with Gasteiger partial charge < -0.3 is 10.1 Å². The Morgan fingerprint density at radius 3 is 2.72 bits per heavy atom. The number of nitrogens with one attached hydrogen (secondary N) is 1. The first-order valence-electron chi connectivity index (χ1n) is 9.80. The van der Waals surface area contributed by atoms with Gasteiger partial charge >= 0.3 is 0 Å². The summed E-state index contributed by atoms with van der Waals surface area (Å²) in [5, 5.41) is 4.59. The summed E-state index contributed by atoms with van der Waals surface area (Å²) in [4.78, 5) is 4.51. The lowest BCUT2D eigenvalue weighted by Gasteiger charge is -2.26. The predicted molar refractivity (Wildman–Crippen MR) is 114 cm³/mol. The second-order valence-electron chi connectivity index (χ2n) is 7.43. The van der Waals surface area contributed by atoms with Gasteiger partial charge in [0.15, 0.2) is 5.75 Å². The smallest absolute Gasteiger partial charge is 0.244 e. The number of pyridine rings is 1. The fraction of sp³-hybridized carbons (Fsp3) is 0.318. The lowest BCUT2D eigenvalue weighted by molar-refractivity contribution is 0.353. The van der Waals surface area contributed by atoms with Crippen molar-refractivity contribution in [2.75, 3.05) is 19.6 Å². The van der Waals surface area contributed by atoms with E-state index >= 15 is 0 Å². The van der Waals surface area contributed by atoms with Crippen molar-refractivity contribution in [2.24, 2.45) is 0 Å². The molecule has 1 saturated heterocycles. The van der Waals surface area contributed by atoms with Crippen LogP contribution in [0.4, 0.5) is 0 Å². The van der Waals surface area contributed by atoms with E-state index in [9.17, 15) is 8.42 Å². The third kappa shape index (κ3) is 3.99. The van der Waals surface area contributed by atoms with Crippen molar-refractivity contribution in [3.05, 3.63) is 60.4 Å². The molecule has 1 aliphatic heterocycles. The van der Waals surface area contributed by atoms with Crippen LogP contribution in [0.1, 0.15) is 18.9 Å². The Labute approximate surface area is 171 Å². The van der Waals surface area contributed by atoms with Crippen LogP contribution in [0.3, 0.4) is 0 Å². The molecule has 0 radical (unpaired) electrons. The molecule has 2 heterocycles. The minimum Gasteiger partial charge on any atom is -0.455 e. The maximum Gasteiger partial charge on any atom is 0.244 e. The molecule has 2 aromatic carbocycles. The highest BCUT2D eigenvalue weighted by Gasteiger charge is 2.32. The molecule has 0 aliphatic carbocycles. The molecule has 0 bridgehead atoms. The Morgan fingerprint density at radius 2 is 1.93 bits per heavy atom. The molecule has 4 rings (SSSR count). The molecule has 29 heavy (non-hydrogen) atoms. The highest BCUT2D eigenvalue weighted by Crippen LogP contribution is 2.35. The summed E-state index contributed by atoms with van der Waals surface area (Å²) in [5.74, 6) is 1.08. The highest BCUT2D eigenvalue weighted by atomic mass is 32.2. The zero-order chi connectivity index (χ0) is 20.4. The van der Waals surface area contributed by atoms with E-state index in [1.54, 1.807) is 28.8 Å². The van der Waals surface area contributed by atoms with Gasteiger partial charge in [-0.25, -0.2) is 8.42 Å². The number of rotatable bonds is 4. The van der Waals surface area contributed by atoms with Crippen molar-refractivity contribution in [3.63, 3.8) is 0 Å². The minimum absolute atomic E-state index is 0.124. The third-order valence-electron chi connectivity index (χ3n) is 5.21. The van der Waals surface area contributed by atoms with Crippen molar-refractivity contribution in [1.29, 1.82) is 0 Å². The van der Waals surface area contributed by atoms with Crippen molar-refractivity contribution in [3.8, 4) is 11.5 Å². The van der Waals surface area contributed by atoms with Gasteiger partial charge in [-0.2, -0.15) is 4.31 Å². The van der Waals surface area contributed by atoms with E-state index in [1.807, 2.05) is 44.2 Å². The first kappa shape index (κ1) is 19.8. The molecule has 1 N–H and O–H groups in total. The molecule has 1 fully saturated rings. The van der Waals surface area contributed by atoms with Crippen LogP contribution < -0.4 is 10.1 Å². The SMILES string of the molecule is Cc1ccc(Oc2cncc3cccc(S(=O)(=O)N4CCCNC[C@@H]4C)c23)cc1. The summed E-state index contributed by atoms with van der Waals surface area (Å²) < 4.78 is 34.9. The maximum atomic E-state index is 13.6. The van der Waals surface area contributed by atoms with Gasteiger partial charge in [0, 0.05) is 36.1 Å². The number of fused-ring (bicyclic) bond motifs is 1. The first-order chi connectivity index (χ1) is 14.0. The second-order valence-corrected chi connectivity index (χ2v) is 9.29. The molecule has 6 nitrogen and oxygen atoms in total. The number of nitrogens with zero attached hydrogens (tertiary/aromatic N) is 2. The predicted octanol–water partition coefficient (Wildman–Crippen LogP) is 3.71. The Hall–Kier alpha value is -2.48. The van der Waals surface area contributed by atoms with Gasteiger partial charge in [0.1, 0.15) is 5.75 Å². The van der Waals surface area contributed by atoms with Gasteiger partial charge in [-0.15, -0.1) is 0 Å². The Balaban J connectivity index is 1.83. The van der Waals surface area contributed by atoms with Crippen LogP contribution in [0.25, 0.3) is 10.8 Å². The minimum atomic E-state index is -3.70. The van der Waals surface area contributed by atoms with Gasteiger partial charge in [0.05, 0.1) is 11.1 Å². The molecule has 0 spiro atoms. The van der Waals surface area contributed by atoms with Crippen molar-refractivity contribution >= 4 is 20.8 Å². The van der Waals surface area contributed by atoms with Crippen LogP contribution in [-0.2, 0) is 10.0 Å². The van der Waals surface area contributed by atoms with Gasteiger partial charge in [0.25, 0.3) is 0 Å². The van der Waals surface area contributed by atoms with Crippen LogP contribution in [0.2, 0.25) is 0 Å². The monoisotopic (exact) mass is 411 g/mol. The van der Waals surface area contributed by atoms with E-state index in [4.69, 9.17) is 4.74 Å². The van der Waals surface area contributed by atoms with E-state index < -0.39 is 10.0 Å². The lowest BCUT2D eigenvalue weighted by Crippen LogP contribution is -2.41. The van der Waals surface area contributed by atoms with Crippen molar-refractivity contribution in [2.45, 2.75) is 31.2 Å². The van der Waals surface area contributed by atoms with Crippen molar-refractivity contribution in [1.82, 2.24) is 14.6 Å². The van der Waals surface area contributed by atoms with E-state index in [0.717, 1.165) is 23.9 Å². The van der Waals surface area contributed by atoms with E-state index in [0.29, 0.717) is 30.0 Å². The van der Waals surface area contributed by atoms with Crippen LogP contribution in [0.5, 0.6) is 11.5 Å². The summed E-state index contributed by atoms with van der Waals surface area (Å²) in [6.45, 7) is 5.89. The molecule has 1 aliphatic rings. The Morgan fingerprint density at radius 1 is 1.14 bits per heavy atom. The summed E-state index contributed by atoms with van der Waals surface area (Å²) in [6, 6.07) is 12.8. The molecule has 152 valence electrons. The summed E-state index contributed by atoms with van der Waals surface area (Å²) >= 11 is 0. The fourth-order valence-electron chi connectivity index (χ4n) is 3.67. The number of ether oxygens (including phenoxy) is 1. The number of hydrogen-bond donors (Lipinski definition) is 1. The zero-order valence-corrected chi connectivity index (χ0v) is 17.4. The van der Waals surface area contributed by atoms with Gasteiger partial charge in [-0.3, -0.25) is 4.98 Å². The van der Waals surface area contributed by atoms with Gasteiger partial charge in [0.2, 0.25) is 10.0 Å². The number of aromatic nitrogens is 1. The molecule has 7 heteroatoms. The Bertz CT molecular complexity index is 1110. The standard InChI is InChI=1S/C22H25N3O3S/c1-16-7-9-19(10-8-16)28-20-15-24-14-18-5-3-6-21(22(18)20)29(26,27)25-12-4-11-23-13-17(25)2/h3,5-10,14-15,17,23H,4,11-13H2,1-2H3/t17-/m0/s1. The zero-order valence-electron chi connectivity index (χ0n) is 16.6. The summed E-state index contributed by atoms with van der Waals surface area (Å²) in [6.07, 6.45) is 4.03. The van der Waals surface area contributed by atoms with Crippen LogP contribution in [0.15, 0.2) is 59.8 Å². The van der Waals surface area contributed by atoms with E-state index in [2.05, 4.69) is 10.3 Å². The lowest BCUT2D eigenvalue weighted by atomic mass is 10.1. The Kier molecular flexibility index (Phi) is 5.54. The largest absolute Gasteiger partial charge is 0.455 e. The molecule has 0 unspecified atom stereocenters. The fourth-order valence-corrected chi connectivity index (χ4v) is 5.57. The molecule has 1 atom stereocenters. The van der Waals surface area contributed by atoms with Crippen LogP contribution in [0, 0.1) is 6.92 Å². The number of hydrogen-bond acceptors (Lipinski definition) is 5. The summed E-state index contributed by atoms with van der Waals surface area (Å²) in [7, 11) is -3.70. The molecular weight excluding hydrogens is 386 g/mol. The first-order valence-corrected chi connectivity index (χ1v) is 11.2. The second kappa shape index (κ2) is 8.10. The van der Waals surface area contributed by atoms with E-state index in [1.165, 1.54) is 0 Å². The van der Waals surface area contributed by atoms with Gasteiger partial charge in [-0.1, -0.05) is 29.8 Å². The third-order valence-corrected chi connectivity index (χ3v) is 7.27. The maximum absolute atomic E-state index is 13.6. The topological polar surface area (TPSA) is 71.5 Å². The summed E-state index contributed by atoms with van der Waals surface area (Å²) in [5.41, 5.74) is 1.13. The highest BCUT2D eigenvalue weighted by molar-refractivity contribution is 7.89. The van der Waals surface area contributed by atoms with Crippen LogP contribution in [-0.4, -0.2) is 43.4 Å². The van der Waals surface area contributed by atoms with Crippen LogP contribution >= 0.6 is 0 Å². The quantitative estimate of drug-likeness (QED) is 0.709. The number of aryl methyl sites for hydroxylation is 1. The average molecular weight is 412 g/mol. The molecule has 0 saturated carbocycles. The molecule has 3 aromatic rings.